The fraction of sp³-hybridized carbons (Fsp3) is 0.900. The van der Waals surface area contributed by atoms with E-state index in [2.05, 4.69) is 24.5 Å². The molecule has 0 atom stereocenters. The summed E-state index contributed by atoms with van der Waals surface area (Å²) in [5, 5.41) is 5.69. The van der Waals surface area contributed by atoms with Crippen molar-refractivity contribution in [3.8, 4) is 0 Å². The molecule has 0 aliphatic heterocycles. The van der Waals surface area contributed by atoms with Gasteiger partial charge in [-0.25, -0.2) is 0 Å². The van der Waals surface area contributed by atoms with Crippen molar-refractivity contribution in [3.63, 3.8) is 0 Å². The van der Waals surface area contributed by atoms with Crippen LogP contribution in [-0.2, 0) is 9.53 Å². The Kier molecular flexibility index (Phi) is 6.49. The highest BCUT2D eigenvalue weighted by Crippen LogP contribution is 2.18. The van der Waals surface area contributed by atoms with E-state index in [-0.39, 0.29) is 11.3 Å². The molecule has 1 amide bonds. The molecule has 0 aliphatic carbocycles. The second-order valence-corrected chi connectivity index (χ2v) is 4.21. The lowest BCUT2D eigenvalue weighted by Crippen LogP contribution is -2.38. The molecule has 2 N–H and O–H groups in total. The Labute approximate surface area is 86.4 Å². The van der Waals surface area contributed by atoms with Gasteiger partial charge in [0.15, 0.2) is 0 Å². The number of carbonyl (C=O) groups is 1. The number of ether oxygens (including phenoxy) is 1. The maximum atomic E-state index is 11.2. The standard InChI is InChI=1S/C10H22N2O2/c1-10(2,5-6-14-4)8-12-9(13)7-11-3/h11H,5-8H2,1-4H3,(H,12,13). The molecule has 84 valence electrons. The van der Waals surface area contributed by atoms with Crippen LogP contribution in [-0.4, -0.2) is 39.8 Å². The second-order valence-electron chi connectivity index (χ2n) is 4.21. The zero-order valence-corrected chi connectivity index (χ0v) is 9.64. The Balaban J connectivity index is 3.68. The number of hydrogen-bond donors (Lipinski definition) is 2. The predicted molar refractivity (Wildman–Crippen MR) is 57.2 cm³/mol. The van der Waals surface area contributed by atoms with Crippen LogP contribution in [0.2, 0.25) is 0 Å². The molecule has 0 spiro atoms. The molecule has 0 bridgehead atoms. The molecule has 4 nitrogen and oxygen atoms in total. The van der Waals surface area contributed by atoms with Gasteiger partial charge in [-0.1, -0.05) is 13.8 Å². The lowest BCUT2D eigenvalue weighted by atomic mass is 9.90. The first-order valence-electron chi connectivity index (χ1n) is 4.92. The maximum absolute atomic E-state index is 11.2. The van der Waals surface area contributed by atoms with E-state index < -0.39 is 0 Å². The van der Waals surface area contributed by atoms with Crippen molar-refractivity contribution in [2.24, 2.45) is 5.41 Å². The van der Waals surface area contributed by atoms with Crippen LogP contribution in [0.25, 0.3) is 0 Å². The molecule has 0 rings (SSSR count). The number of likely N-dealkylation sites (N-methyl/N-ethyl adjacent to an activating group) is 1. The van der Waals surface area contributed by atoms with Crippen LogP contribution in [0.5, 0.6) is 0 Å². The normalized spacial score (nSPS) is 11.4. The summed E-state index contributed by atoms with van der Waals surface area (Å²) in [7, 11) is 3.45. The molecule has 0 aromatic carbocycles. The number of amides is 1. The summed E-state index contributed by atoms with van der Waals surface area (Å²) >= 11 is 0. The fourth-order valence-corrected chi connectivity index (χ4v) is 1.03. The molecular formula is C10H22N2O2. The summed E-state index contributed by atoms with van der Waals surface area (Å²) in [4.78, 5) is 11.2. The predicted octanol–water partition coefficient (Wildman–Crippen LogP) is 0.385. The van der Waals surface area contributed by atoms with Crippen LogP contribution in [0, 0.1) is 5.41 Å². The van der Waals surface area contributed by atoms with Crippen LogP contribution in [0.4, 0.5) is 0 Å². The van der Waals surface area contributed by atoms with Crippen molar-refractivity contribution in [3.05, 3.63) is 0 Å². The molecule has 0 heterocycles. The number of rotatable bonds is 7. The summed E-state index contributed by atoms with van der Waals surface area (Å²) in [6.07, 6.45) is 0.948. The van der Waals surface area contributed by atoms with Gasteiger partial charge in [0, 0.05) is 20.3 Å². The molecule has 0 aliphatic rings. The molecule has 0 aromatic rings. The highest BCUT2D eigenvalue weighted by Gasteiger charge is 2.17. The second kappa shape index (κ2) is 6.79. The highest BCUT2D eigenvalue weighted by atomic mass is 16.5. The number of hydrogen-bond acceptors (Lipinski definition) is 3. The molecule has 0 saturated carbocycles. The first kappa shape index (κ1) is 13.4. The lowest BCUT2D eigenvalue weighted by molar-refractivity contribution is -0.120. The smallest absolute Gasteiger partial charge is 0.233 e. The highest BCUT2D eigenvalue weighted by molar-refractivity contribution is 5.77. The minimum absolute atomic E-state index is 0.0398. The summed E-state index contributed by atoms with van der Waals surface area (Å²) in [5.74, 6) is 0.0398. The van der Waals surface area contributed by atoms with E-state index in [4.69, 9.17) is 4.74 Å². The van der Waals surface area contributed by atoms with Gasteiger partial charge in [0.2, 0.25) is 5.91 Å². The Morgan fingerprint density at radius 2 is 2.07 bits per heavy atom. The van der Waals surface area contributed by atoms with Crippen molar-refractivity contribution in [2.75, 3.05) is 33.9 Å². The first-order chi connectivity index (χ1) is 6.52. The molecule has 4 heteroatoms. The SMILES string of the molecule is CNCC(=O)NCC(C)(C)CCOC. The van der Waals surface area contributed by atoms with E-state index in [1.54, 1.807) is 14.2 Å². The van der Waals surface area contributed by atoms with Gasteiger partial charge in [0.1, 0.15) is 0 Å². The van der Waals surface area contributed by atoms with E-state index in [1.807, 2.05) is 0 Å². The van der Waals surface area contributed by atoms with Crippen molar-refractivity contribution in [1.82, 2.24) is 10.6 Å². The maximum Gasteiger partial charge on any atom is 0.233 e. The van der Waals surface area contributed by atoms with E-state index >= 15 is 0 Å². The van der Waals surface area contributed by atoms with Crippen molar-refractivity contribution < 1.29 is 9.53 Å². The van der Waals surface area contributed by atoms with Gasteiger partial charge in [0.05, 0.1) is 6.54 Å². The third-order valence-corrected chi connectivity index (χ3v) is 2.08. The number of carbonyl (C=O) groups excluding carboxylic acids is 1. The zero-order valence-electron chi connectivity index (χ0n) is 9.64. The third kappa shape index (κ3) is 6.86. The summed E-state index contributed by atoms with van der Waals surface area (Å²) < 4.78 is 5.01. The Bertz CT molecular complexity index is 170. The van der Waals surface area contributed by atoms with Crippen LogP contribution >= 0.6 is 0 Å². The van der Waals surface area contributed by atoms with Crippen molar-refractivity contribution in [2.45, 2.75) is 20.3 Å². The van der Waals surface area contributed by atoms with Crippen molar-refractivity contribution >= 4 is 5.91 Å². The minimum Gasteiger partial charge on any atom is -0.385 e. The Hall–Kier alpha value is -0.610. The number of nitrogens with one attached hydrogen (secondary N) is 2. The van der Waals surface area contributed by atoms with Gasteiger partial charge in [-0.15, -0.1) is 0 Å². The monoisotopic (exact) mass is 202 g/mol. The van der Waals surface area contributed by atoms with E-state index in [0.717, 1.165) is 13.0 Å². The molecule has 0 unspecified atom stereocenters. The average molecular weight is 202 g/mol. The van der Waals surface area contributed by atoms with Gasteiger partial charge >= 0.3 is 0 Å². The molecule has 0 fully saturated rings. The van der Waals surface area contributed by atoms with Crippen LogP contribution in [0.1, 0.15) is 20.3 Å². The van der Waals surface area contributed by atoms with E-state index in [1.165, 1.54) is 0 Å². The average Bonchev–Trinajstić information content (AvgIpc) is 2.13. The van der Waals surface area contributed by atoms with E-state index in [0.29, 0.717) is 13.1 Å². The molecule has 0 saturated heterocycles. The topological polar surface area (TPSA) is 50.4 Å². The van der Waals surface area contributed by atoms with Gasteiger partial charge < -0.3 is 15.4 Å². The summed E-state index contributed by atoms with van der Waals surface area (Å²) in [5.41, 5.74) is 0.0966. The third-order valence-electron chi connectivity index (χ3n) is 2.08. The fourth-order valence-electron chi connectivity index (χ4n) is 1.03. The van der Waals surface area contributed by atoms with Gasteiger partial charge in [-0.3, -0.25) is 4.79 Å². The Morgan fingerprint density at radius 3 is 2.57 bits per heavy atom. The van der Waals surface area contributed by atoms with Crippen molar-refractivity contribution in [1.29, 1.82) is 0 Å². The van der Waals surface area contributed by atoms with Crippen LogP contribution in [0.3, 0.4) is 0 Å². The zero-order chi connectivity index (χ0) is 11.0. The minimum atomic E-state index is 0.0398. The van der Waals surface area contributed by atoms with Gasteiger partial charge in [-0.2, -0.15) is 0 Å². The van der Waals surface area contributed by atoms with Gasteiger partial charge in [0.25, 0.3) is 0 Å². The Morgan fingerprint density at radius 1 is 1.43 bits per heavy atom. The summed E-state index contributed by atoms with van der Waals surface area (Å²) in [6.45, 7) is 6.03. The molecule has 14 heavy (non-hydrogen) atoms. The largest absolute Gasteiger partial charge is 0.385 e. The quantitative estimate of drug-likeness (QED) is 0.627. The van der Waals surface area contributed by atoms with E-state index in [9.17, 15) is 4.79 Å². The lowest BCUT2D eigenvalue weighted by Gasteiger charge is -2.24. The first-order valence-corrected chi connectivity index (χ1v) is 4.92. The summed E-state index contributed by atoms with van der Waals surface area (Å²) in [6, 6.07) is 0. The molecule has 0 radical (unpaired) electrons. The van der Waals surface area contributed by atoms with Crippen LogP contribution < -0.4 is 10.6 Å². The van der Waals surface area contributed by atoms with Crippen LogP contribution in [0.15, 0.2) is 0 Å². The molecule has 0 aromatic heterocycles. The van der Waals surface area contributed by atoms with Gasteiger partial charge in [-0.05, 0) is 18.9 Å². The number of methoxy groups -OCH3 is 1. The molecular weight excluding hydrogens is 180 g/mol.